The molecule has 0 bridgehead atoms. The number of carboxylic acid groups (broad SMARTS) is 1. The highest BCUT2D eigenvalue weighted by Gasteiger charge is 2.38. The number of H-pyrrole nitrogens is 1. The molecule has 2 fully saturated rings. The highest BCUT2D eigenvalue weighted by Crippen LogP contribution is 2.41. The number of amides is 1. The number of rotatable bonds is 4. The predicted molar refractivity (Wildman–Crippen MR) is 145 cm³/mol. The lowest BCUT2D eigenvalue weighted by molar-refractivity contribution is 0.0795. The maximum Gasteiger partial charge on any atom is 0.407 e. The first-order valence-corrected chi connectivity index (χ1v) is 13.5. The third-order valence-electron chi connectivity index (χ3n) is 8.84. The van der Waals surface area contributed by atoms with E-state index in [-0.39, 0.29) is 6.04 Å². The number of aromatic amines is 1. The molecular formula is C29H36N6O2. The van der Waals surface area contributed by atoms with Gasteiger partial charge in [-0.1, -0.05) is 19.9 Å². The van der Waals surface area contributed by atoms with E-state index in [9.17, 15) is 9.90 Å². The molecule has 2 aliphatic heterocycles. The quantitative estimate of drug-likeness (QED) is 0.346. The first-order chi connectivity index (χ1) is 17.8. The van der Waals surface area contributed by atoms with Crippen LogP contribution in [0.2, 0.25) is 0 Å². The van der Waals surface area contributed by atoms with Crippen LogP contribution < -0.4 is 5.32 Å². The van der Waals surface area contributed by atoms with Crippen LogP contribution in [0.3, 0.4) is 0 Å². The number of carbonyl (C=O) groups is 1. The van der Waals surface area contributed by atoms with Crippen LogP contribution in [0.25, 0.3) is 27.8 Å². The predicted octanol–water partition coefficient (Wildman–Crippen LogP) is 5.45. The number of aromatic nitrogens is 4. The number of hydrogen-bond donors (Lipinski definition) is 3. The Kier molecular flexibility index (Phi) is 5.94. The largest absolute Gasteiger partial charge is 0.465 e. The van der Waals surface area contributed by atoms with Crippen LogP contribution in [-0.2, 0) is 0 Å². The van der Waals surface area contributed by atoms with Gasteiger partial charge < -0.3 is 20.3 Å². The molecule has 1 amide bonds. The fraction of sp³-hybridized carbons (Fsp3) is 0.483. The Bertz CT molecular complexity index is 1480. The first kappa shape index (κ1) is 24.0. The number of fused-ring (bicyclic) bond motifs is 2. The molecule has 3 unspecified atom stereocenters. The van der Waals surface area contributed by atoms with Crippen molar-refractivity contribution in [3.63, 3.8) is 0 Å². The van der Waals surface area contributed by atoms with Gasteiger partial charge in [-0.05, 0) is 98.3 Å². The summed E-state index contributed by atoms with van der Waals surface area (Å²) in [6.07, 6.45) is 5.72. The van der Waals surface area contributed by atoms with Gasteiger partial charge in [-0.2, -0.15) is 5.10 Å². The van der Waals surface area contributed by atoms with E-state index in [1.807, 2.05) is 4.52 Å². The maximum absolute atomic E-state index is 12.0. The molecule has 8 heteroatoms. The molecule has 2 saturated heterocycles. The van der Waals surface area contributed by atoms with Crippen molar-refractivity contribution >= 4 is 22.6 Å². The van der Waals surface area contributed by atoms with Crippen molar-refractivity contribution < 1.29 is 9.90 Å². The molecule has 1 aromatic carbocycles. The fourth-order valence-corrected chi connectivity index (χ4v) is 6.74. The van der Waals surface area contributed by atoms with Crippen LogP contribution in [0.1, 0.15) is 67.2 Å². The summed E-state index contributed by atoms with van der Waals surface area (Å²) < 4.78 is 1.87. The molecule has 3 atom stereocenters. The van der Waals surface area contributed by atoms with Crippen molar-refractivity contribution in [2.75, 3.05) is 19.6 Å². The zero-order chi connectivity index (χ0) is 25.8. The lowest BCUT2D eigenvalue weighted by atomic mass is 9.80. The summed E-state index contributed by atoms with van der Waals surface area (Å²) in [5, 5.41) is 19.0. The van der Waals surface area contributed by atoms with E-state index in [0.29, 0.717) is 24.3 Å². The van der Waals surface area contributed by atoms with Crippen LogP contribution in [0.5, 0.6) is 0 Å². The van der Waals surface area contributed by atoms with Crippen LogP contribution in [-0.4, -0.2) is 61.4 Å². The van der Waals surface area contributed by atoms with Crippen molar-refractivity contribution in [3.8, 4) is 11.3 Å². The SMILES string of the molecule is Cc1c(-c2[nH]c3ccc(C4CCN(C(=O)O)C(C5CCNC5)C4)cc3c2C(C)C)cn2ncnc2c1C. The van der Waals surface area contributed by atoms with Crippen molar-refractivity contribution in [2.24, 2.45) is 5.92 Å². The standard InChI is InChI=1S/C29H36N6O2/c1-16(2)26-22-11-19(20-8-10-34(29(36)37)25(12-20)21-7-9-30-13-21)5-6-24(22)33-27(26)23-14-35-28(31-15-32-35)18(4)17(23)3/h5-6,11,14-16,20-21,25,30,33H,7-10,12-13H2,1-4H3,(H,36,37). The van der Waals surface area contributed by atoms with Gasteiger partial charge in [0.15, 0.2) is 5.65 Å². The van der Waals surface area contributed by atoms with Gasteiger partial charge in [0, 0.05) is 35.2 Å². The van der Waals surface area contributed by atoms with E-state index >= 15 is 0 Å². The minimum atomic E-state index is -0.779. The number of likely N-dealkylation sites (tertiary alicyclic amines) is 1. The Hall–Kier alpha value is -3.39. The Morgan fingerprint density at radius 3 is 2.76 bits per heavy atom. The average Bonchev–Trinajstić information content (AvgIpc) is 3.64. The summed E-state index contributed by atoms with van der Waals surface area (Å²) in [5.41, 5.74) is 9.32. The molecule has 2 aliphatic rings. The molecule has 0 spiro atoms. The molecule has 5 heterocycles. The van der Waals surface area contributed by atoms with E-state index < -0.39 is 6.09 Å². The second-order valence-corrected chi connectivity index (χ2v) is 11.2. The van der Waals surface area contributed by atoms with E-state index in [2.05, 4.69) is 72.5 Å². The van der Waals surface area contributed by atoms with Gasteiger partial charge in [-0.15, -0.1) is 0 Å². The summed E-state index contributed by atoms with van der Waals surface area (Å²) in [7, 11) is 0. The van der Waals surface area contributed by atoms with E-state index in [4.69, 9.17) is 0 Å². The number of aryl methyl sites for hydroxylation is 1. The van der Waals surface area contributed by atoms with E-state index in [1.54, 1.807) is 11.2 Å². The number of benzene rings is 1. The molecule has 194 valence electrons. The molecule has 0 aliphatic carbocycles. The summed E-state index contributed by atoms with van der Waals surface area (Å²) in [6.45, 7) is 11.3. The average molecular weight is 501 g/mol. The summed E-state index contributed by atoms with van der Waals surface area (Å²) in [6, 6.07) is 6.90. The normalized spacial score (nSPS) is 22.5. The zero-order valence-corrected chi connectivity index (χ0v) is 22.1. The Morgan fingerprint density at radius 1 is 1.19 bits per heavy atom. The molecule has 6 rings (SSSR count). The van der Waals surface area contributed by atoms with Gasteiger partial charge in [0.25, 0.3) is 0 Å². The minimum Gasteiger partial charge on any atom is -0.465 e. The molecule has 8 nitrogen and oxygen atoms in total. The molecule has 4 aromatic rings. The second-order valence-electron chi connectivity index (χ2n) is 11.2. The summed E-state index contributed by atoms with van der Waals surface area (Å²) in [4.78, 5) is 21.9. The monoisotopic (exact) mass is 500 g/mol. The van der Waals surface area contributed by atoms with E-state index in [0.717, 1.165) is 60.3 Å². The van der Waals surface area contributed by atoms with Crippen LogP contribution >= 0.6 is 0 Å². The van der Waals surface area contributed by atoms with Crippen molar-refractivity contribution in [3.05, 3.63) is 53.0 Å². The summed E-state index contributed by atoms with van der Waals surface area (Å²) >= 11 is 0. The van der Waals surface area contributed by atoms with Gasteiger partial charge >= 0.3 is 6.09 Å². The lowest BCUT2D eigenvalue weighted by Crippen LogP contribution is -2.49. The smallest absolute Gasteiger partial charge is 0.407 e. The zero-order valence-electron chi connectivity index (χ0n) is 22.1. The third-order valence-corrected chi connectivity index (χ3v) is 8.84. The fourth-order valence-electron chi connectivity index (χ4n) is 6.74. The molecule has 0 radical (unpaired) electrons. The van der Waals surface area contributed by atoms with Gasteiger partial charge in [-0.3, -0.25) is 0 Å². The van der Waals surface area contributed by atoms with Gasteiger partial charge in [0.05, 0.1) is 5.69 Å². The Labute approximate surface area is 217 Å². The first-order valence-electron chi connectivity index (χ1n) is 13.5. The lowest BCUT2D eigenvalue weighted by Gasteiger charge is -2.41. The molecule has 3 aromatic heterocycles. The van der Waals surface area contributed by atoms with Crippen molar-refractivity contribution in [1.29, 1.82) is 0 Å². The number of hydrogen-bond acceptors (Lipinski definition) is 4. The summed E-state index contributed by atoms with van der Waals surface area (Å²) in [5.74, 6) is 1.08. The maximum atomic E-state index is 12.0. The van der Waals surface area contributed by atoms with Crippen LogP contribution in [0, 0.1) is 19.8 Å². The minimum absolute atomic E-state index is 0.0772. The van der Waals surface area contributed by atoms with Gasteiger partial charge in [0.1, 0.15) is 6.33 Å². The van der Waals surface area contributed by atoms with Crippen LogP contribution in [0.4, 0.5) is 4.79 Å². The topological polar surface area (TPSA) is 98.5 Å². The number of nitrogens with one attached hydrogen (secondary N) is 2. The molecular weight excluding hydrogens is 464 g/mol. The number of nitrogens with zero attached hydrogens (tertiary/aromatic N) is 4. The number of pyridine rings is 1. The molecule has 0 saturated carbocycles. The van der Waals surface area contributed by atoms with Crippen molar-refractivity contribution in [1.82, 2.24) is 29.8 Å². The second kappa shape index (κ2) is 9.17. The third kappa shape index (κ3) is 3.98. The van der Waals surface area contributed by atoms with Crippen molar-refractivity contribution in [2.45, 2.75) is 64.8 Å². The number of piperidine rings is 1. The molecule has 3 N–H and O–H groups in total. The van der Waals surface area contributed by atoms with Gasteiger partial charge in [-0.25, -0.2) is 14.3 Å². The van der Waals surface area contributed by atoms with Crippen LogP contribution in [0.15, 0.2) is 30.7 Å². The highest BCUT2D eigenvalue weighted by molar-refractivity contribution is 5.92. The van der Waals surface area contributed by atoms with Gasteiger partial charge in [0.2, 0.25) is 0 Å². The van der Waals surface area contributed by atoms with E-state index in [1.165, 1.54) is 22.1 Å². The molecule has 37 heavy (non-hydrogen) atoms. The highest BCUT2D eigenvalue weighted by atomic mass is 16.4. The Morgan fingerprint density at radius 2 is 2.03 bits per heavy atom. The Balaban J connectivity index is 1.41.